The molecule has 0 fully saturated rings. The van der Waals surface area contributed by atoms with E-state index >= 15 is 0 Å². The van der Waals surface area contributed by atoms with Gasteiger partial charge in [0.2, 0.25) is 11.7 Å². The Morgan fingerprint density at radius 3 is 2.67 bits per heavy atom. The molecule has 0 bridgehead atoms. The number of aromatic hydroxyl groups is 1. The van der Waals surface area contributed by atoms with Crippen LogP contribution in [0.25, 0.3) is 22.5 Å². The molecule has 0 amide bonds. The van der Waals surface area contributed by atoms with Gasteiger partial charge in [-0.3, -0.25) is 4.79 Å². The van der Waals surface area contributed by atoms with E-state index in [9.17, 15) is 9.90 Å². The van der Waals surface area contributed by atoms with Crippen molar-refractivity contribution in [1.82, 2.24) is 19.5 Å². The van der Waals surface area contributed by atoms with E-state index in [4.69, 9.17) is 39.2 Å². The minimum Gasteiger partial charge on any atom is -0.508 e. The highest BCUT2D eigenvalue weighted by Crippen LogP contribution is 2.36. The quantitative estimate of drug-likeness (QED) is 0.297. The van der Waals surface area contributed by atoms with Crippen molar-refractivity contribution in [2.75, 3.05) is 0 Å². The predicted molar refractivity (Wildman–Crippen MR) is 125 cm³/mol. The predicted octanol–water partition coefficient (Wildman–Crippen LogP) is 6.03. The molecule has 0 aliphatic rings. The summed E-state index contributed by atoms with van der Waals surface area (Å²) in [5, 5.41) is 11.7. The van der Waals surface area contributed by atoms with E-state index in [1.807, 2.05) is 0 Å². The van der Waals surface area contributed by atoms with Crippen LogP contribution in [0, 0.1) is 0 Å². The van der Waals surface area contributed by atoms with Crippen LogP contribution in [-0.2, 0) is 6.54 Å². The highest BCUT2D eigenvalue weighted by Gasteiger charge is 2.26. The molecule has 0 atom stereocenters. The van der Waals surface area contributed by atoms with Crippen LogP contribution in [-0.4, -0.2) is 30.4 Å². The van der Waals surface area contributed by atoms with Gasteiger partial charge in [0, 0.05) is 21.6 Å². The van der Waals surface area contributed by atoms with Gasteiger partial charge in [-0.25, -0.2) is 15.0 Å². The Bertz CT molecular complexity index is 1510. The summed E-state index contributed by atoms with van der Waals surface area (Å²) in [5.74, 6) is -0.327. The highest BCUT2D eigenvalue weighted by molar-refractivity contribution is 6.37. The summed E-state index contributed by atoms with van der Waals surface area (Å²) in [6, 6.07) is 11.5. The molecule has 0 saturated heterocycles. The third-order valence-corrected chi connectivity index (χ3v) is 6.06. The van der Waals surface area contributed by atoms with E-state index < -0.39 is 5.78 Å². The number of hydrogen-bond donors (Lipinski definition) is 1. The highest BCUT2D eigenvalue weighted by atomic mass is 35.5. The van der Waals surface area contributed by atoms with Crippen LogP contribution in [0.2, 0.25) is 15.2 Å². The topological polar surface area (TPSA) is 94.0 Å². The Hall–Kier alpha value is -3.39. The number of hydrogen-bond acceptors (Lipinski definition) is 6. The molecule has 0 saturated carbocycles. The number of carbonyl (C=O) groups excluding carboxylic acids is 1. The Balaban J connectivity index is 1.61. The first-order chi connectivity index (χ1) is 15.9. The minimum atomic E-state index is -0.482. The van der Waals surface area contributed by atoms with Crippen molar-refractivity contribution in [2.45, 2.75) is 6.54 Å². The third-order valence-electron chi connectivity index (χ3n) is 5.08. The lowest BCUT2D eigenvalue weighted by atomic mass is 10.1. The SMILES string of the molecule is O=C(c1cnc(-c2ccncn2)o1)c1c(Cl)n(Cc2ccc(Cl)cc2Cl)c2ccc(O)cc12. The van der Waals surface area contributed by atoms with Gasteiger partial charge in [0.25, 0.3) is 0 Å². The van der Waals surface area contributed by atoms with Gasteiger partial charge in [-0.1, -0.05) is 40.9 Å². The summed E-state index contributed by atoms with van der Waals surface area (Å²) in [7, 11) is 0. The van der Waals surface area contributed by atoms with E-state index in [1.165, 1.54) is 24.7 Å². The first-order valence-electron chi connectivity index (χ1n) is 9.64. The van der Waals surface area contributed by atoms with E-state index in [2.05, 4.69) is 15.0 Å². The summed E-state index contributed by atoms with van der Waals surface area (Å²) in [5.41, 5.74) is 2.02. The largest absolute Gasteiger partial charge is 0.508 e. The first kappa shape index (κ1) is 21.5. The van der Waals surface area contributed by atoms with Crippen molar-refractivity contribution in [3.05, 3.63) is 93.3 Å². The van der Waals surface area contributed by atoms with E-state index in [1.54, 1.807) is 41.1 Å². The number of halogens is 3. The maximum atomic E-state index is 13.4. The molecule has 5 rings (SSSR count). The van der Waals surface area contributed by atoms with Gasteiger partial charge in [-0.05, 0) is 42.0 Å². The number of aromatic nitrogens is 4. The summed E-state index contributed by atoms with van der Waals surface area (Å²) in [6.07, 6.45) is 4.22. The molecule has 0 unspecified atom stereocenters. The Labute approximate surface area is 202 Å². The van der Waals surface area contributed by atoms with Gasteiger partial charge in [0.15, 0.2) is 5.76 Å². The Morgan fingerprint density at radius 2 is 1.91 bits per heavy atom. The molecule has 0 aliphatic heterocycles. The molecule has 5 aromatic rings. The number of ketones is 1. The molecule has 2 aromatic carbocycles. The van der Waals surface area contributed by atoms with Gasteiger partial charge in [0.05, 0.1) is 23.8 Å². The molecule has 33 heavy (non-hydrogen) atoms. The number of oxazole rings is 1. The molecule has 10 heteroatoms. The lowest BCUT2D eigenvalue weighted by Crippen LogP contribution is -2.03. The van der Waals surface area contributed by atoms with Crippen LogP contribution in [0.3, 0.4) is 0 Å². The van der Waals surface area contributed by atoms with Gasteiger partial charge in [-0.2, -0.15) is 0 Å². The zero-order valence-electron chi connectivity index (χ0n) is 16.7. The summed E-state index contributed by atoms with van der Waals surface area (Å²) < 4.78 is 7.40. The normalized spacial score (nSPS) is 11.2. The monoisotopic (exact) mass is 498 g/mol. The van der Waals surface area contributed by atoms with Gasteiger partial charge < -0.3 is 14.1 Å². The number of carbonyl (C=O) groups is 1. The summed E-state index contributed by atoms with van der Waals surface area (Å²) >= 11 is 19.1. The van der Waals surface area contributed by atoms with Gasteiger partial charge >= 0.3 is 0 Å². The fraction of sp³-hybridized carbons (Fsp3) is 0.0435. The van der Waals surface area contributed by atoms with Crippen LogP contribution >= 0.6 is 34.8 Å². The number of phenolic OH excluding ortho intramolecular Hbond substituents is 1. The molecule has 0 radical (unpaired) electrons. The lowest BCUT2D eigenvalue weighted by molar-refractivity contribution is 0.101. The van der Waals surface area contributed by atoms with Crippen molar-refractivity contribution < 1.29 is 14.3 Å². The zero-order valence-corrected chi connectivity index (χ0v) is 18.9. The second-order valence-electron chi connectivity index (χ2n) is 7.14. The van der Waals surface area contributed by atoms with Crippen molar-refractivity contribution in [2.24, 2.45) is 0 Å². The molecule has 1 N–H and O–H groups in total. The second-order valence-corrected chi connectivity index (χ2v) is 8.34. The van der Waals surface area contributed by atoms with Crippen LogP contribution in [0.15, 0.2) is 65.6 Å². The molecule has 0 aliphatic carbocycles. The van der Waals surface area contributed by atoms with Gasteiger partial charge in [0.1, 0.15) is 22.9 Å². The van der Waals surface area contributed by atoms with Crippen LogP contribution in [0.5, 0.6) is 5.75 Å². The zero-order chi connectivity index (χ0) is 23.1. The Kier molecular flexibility index (Phi) is 5.54. The second kappa shape index (κ2) is 8.51. The summed E-state index contributed by atoms with van der Waals surface area (Å²) in [6.45, 7) is 0.284. The molecule has 3 aromatic heterocycles. The fourth-order valence-electron chi connectivity index (χ4n) is 3.54. The maximum absolute atomic E-state index is 13.4. The van der Waals surface area contributed by atoms with E-state index in [0.717, 1.165) is 5.56 Å². The fourth-order valence-corrected chi connectivity index (χ4v) is 4.35. The summed E-state index contributed by atoms with van der Waals surface area (Å²) in [4.78, 5) is 25.5. The number of fused-ring (bicyclic) bond motifs is 1. The van der Waals surface area contributed by atoms with Crippen LogP contribution < -0.4 is 0 Å². The maximum Gasteiger partial charge on any atom is 0.245 e. The van der Waals surface area contributed by atoms with Crippen LogP contribution in [0.1, 0.15) is 21.7 Å². The van der Waals surface area contributed by atoms with E-state index in [0.29, 0.717) is 26.6 Å². The number of benzene rings is 2. The molecule has 7 nitrogen and oxygen atoms in total. The molecular formula is C23H13Cl3N4O3. The minimum absolute atomic E-state index is 0.00543. The van der Waals surface area contributed by atoms with Crippen molar-refractivity contribution in [3.8, 4) is 17.3 Å². The lowest BCUT2D eigenvalue weighted by Gasteiger charge is -2.09. The van der Waals surface area contributed by atoms with Gasteiger partial charge in [-0.15, -0.1) is 0 Å². The average Bonchev–Trinajstić information content (AvgIpc) is 3.39. The van der Waals surface area contributed by atoms with E-state index in [-0.39, 0.29) is 34.7 Å². The molecule has 0 spiro atoms. The molecule has 3 heterocycles. The van der Waals surface area contributed by atoms with Crippen LogP contribution in [0.4, 0.5) is 0 Å². The Morgan fingerprint density at radius 1 is 1.06 bits per heavy atom. The first-order valence-corrected chi connectivity index (χ1v) is 10.8. The molecular weight excluding hydrogens is 487 g/mol. The smallest absolute Gasteiger partial charge is 0.245 e. The average molecular weight is 500 g/mol. The third kappa shape index (κ3) is 3.95. The molecule has 164 valence electrons. The number of nitrogens with zero attached hydrogens (tertiary/aromatic N) is 4. The standard InChI is InChI=1S/C23H13Cl3N4O3/c24-13-2-1-12(16(25)7-13)10-30-18-4-3-14(31)8-15(18)20(22(30)26)21(32)19-9-28-23(33-19)17-5-6-27-11-29-17/h1-9,11,31H,10H2. The van der Waals surface area contributed by atoms with Crippen molar-refractivity contribution in [1.29, 1.82) is 0 Å². The van der Waals surface area contributed by atoms with Crippen molar-refractivity contribution in [3.63, 3.8) is 0 Å². The number of rotatable bonds is 5. The number of phenols is 1. The van der Waals surface area contributed by atoms with Crippen molar-refractivity contribution >= 4 is 51.5 Å².